The summed E-state index contributed by atoms with van der Waals surface area (Å²) in [5, 5.41) is 5.06. The standard InChI is InChI=1S/C11H17NO2S/c1-4-8(2)11-6-5-10(7-9(11)3)15(12,13)14/h5-8H,4H2,1-3H3,(H2,12,13,14). The molecule has 0 saturated heterocycles. The van der Waals surface area contributed by atoms with Gasteiger partial charge in [0.05, 0.1) is 4.90 Å². The van der Waals surface area contributed by atoms with Crippen LogP contribution in [0.3, 0.4) is 0 Å². The Balaban J connectivity index is 3.20. The average molecular weight is 227 g/mol. The Morgan fingerprint density at radius 1 is 1.40 bits per heavy atom. The first-order chi connectivity index (χ1) is 6.86. The van der Waals surface area contributed by atoms with Gasteiger partial charge in [0.25, 0.3) is 0 Å². The minimum atomic E-state index is -3.57. The van der Waals surface area contributed by atoms with Crippen LogP contribution in [0.1, 0.15) is 37.3 Å². The molecule has 0 amide bonds. The summed E-state index contributed by atoms with van der Waals surface area (Å²) in [6, 6.07) is 5.06. The molecule has 0 aliphatic heterocycles. The summed E-state index contributed by atoms with van der Waals surface area (Å²) in [6.45, 7) is 6.15. The van der Waals surface area contributed by atoms with E-state index in [4.69, 9.17) is 5.14 Å². The van der Waals surface area contributed by atoms with Crippen molar-refractivity contribution in [3.8, 4) is 0 Å². The molecule has 1 unspecified atom stereocenters. The van der Waals surface area contributed by atoms with Gasteiger partial charge in [0.2, 0.25) is 10.0 Å². The van der Waals surface area contributed by atoms with Crippen LogP contribution < -0.4 is 5.14 Å². The molecule has 0 fully saturated rings. The van der Waals surface area contributed by atoms with Gasteiger partial charge in [0, 0.05) is 0 Å². The van der Waals surface area contributed by atoms with Gasteiger partial charge in [-0.25, -0.2) is 13.6 Å². The molecule has 0 heterocycles. The van der Waals surface area contributed by atoms with Crippen LogP contribution in [-0.4, -0.2) is 8.42 Å². The summed E-state index contributed by atoms with van der Waals surface area (Å²) in [6.07, 6.45) is 1.04. The van der Waals surface area contributed by atoms with E-state index in [1.54, 1.807) is 12.1 Å². The van der Waals surface area contributed by atoms with Crippen molar-refractivity contribution < 1.29 is 8.42 Å². The Morgan fingerprint density at radius 2 is 2.00 bits per heavy atom. The molecule has 1 aromatic carbocycles. The fraction of sp³-hybridized carbons (Fsp3) is 0.455. The minimum absolute atomic E-state index is 0.187. The monoisotopic (exact) mass is 227 g/mol. The molecule has 1 rings (SSSR count). The quantitative estimate of drug-likeness (QED) is 0.860. The molecule has 0 spiro atoms. The first-order valence-corrected chi connectivity index (χ1v) is 6.54. The number of primary sulfonamides is 1. The number of rotatable bonds is 3. The van der Waals surface area contributed by atoms with Gasteiger partial charge in [-0.15, -0.1) is 0 Å². The van der Waals surface area contributed by atoms with Gasteiger partial charge in [0.15, 0.2) is 0 Å². The van der Waals surface area contributed by atoms with Gasteiger partial charge in [-0.3, -0.25) is 0 Å². The minimum Gasteiger partial charge on any atom is -0.225 e. The van der Waals surface area contributed by atoms with E-state index in [1.165, 1.54) is 5.56 Å². The van der Waals surface area contributed by atoms with Crippen molar-refractivity contribution in [2.75, 3.05) is 0 Å². The van der Waals surface area contributed by atoms with Crippen LogP contribution in [0.25, 0.3) is 0 Å². The van der Waals surface area contributed by atoms with E-state index in [0.29, 0.717) is 5.92 Å². The Bertz CT molecular complexity index is 452. The summed E-state index contributed by atoms with van der Waals surface area (Å²) in [5.74, 6) is 0.444. The SMILES string of the molecule is CCC(C)c1ccc(S(N)(=O)=O)cc1C. The molecule has 15 heavy (non-hydrogen) atoms. The smallest absolute Gasteiger partial charge is 0.225 e. The molecule has 0 saturated carbocycles. The maximum absolute atomic E-state index is 11.1. The number of aryl methyl sites for hydroxylation is 1. The average Bonchev–Trinajstić information content (AvgIpc) is 2.15. The highest BCUT2D eigenvalue weighted by atomic mass is 32.2. The lowest BCUT2D eigenvalue weighted by Crippen LogP contribution is -2.12. The first-order valence-electron chi connectivity index (χ1n) is 4.99. The number of benzene rings is 1. The summed E-state index contributed by atoms with van der Waals surface area (Å²) in [7, 11) is -3.57. The van der Waals surface area contributed by atoms with Crippen LogP contribution in [-0.2, 0) is 10.0 Å². The van der Waals surface area contributed by atoms with E-state index in [1.807, 2.05) is 13.0 Å². The van der Waals surface area contributed by atoms with Gasteiger partial charge in [-0.1, -0.05) is 19.9 Å². The second kappa shape index (κ2) is 4.33. The van der Waals surface area contributed by atoms with Gasteiger partial charge in [0.1, 0.15) is 0 Å². The van der Waals surface area contributed by atoms with Crippen molar-refractivity contribution in [3.05, 3.63) is 29.3 Å². The third-order valence-corrected chi connectivity index (χ3v) is 3.62. The molecule has 1 aromatic rings. The zero-order valence-electron chi connectivity index (χ0n) is 9.32. The van der Waals surface area contributed by atoms with Crippen LogP contribution in [0.2, 0.25) is 0 Å². The zero-order valence-corrected chi connectivity index (χ0v) is 10.1. The predicted molar refractivity (Wildman–Crippen MR) is 61.3 cm³/mol. The number of hydrogen-bond donors (Lipinski definition) is 1. The molecule has 1 atom stereocenters. The highest BCUT2D eigenvalue weighted by molar-refractivity contribution is 7.89. The largest absolute Gasteiger partial charge is 0.238 e. The molecule has 0 radical (unpaired) electrons. The lowest BCUT2D eigenvalue weighted by Gasteiger charge is -2.13. The zero-order chi connectivity index (χ0) is 11.6. The highest BCUT2D eigenvalue weighted by Gasteiger charge is 2.11. The van der Waals surface area contributed by atoms with Crippen LogP contribution in [0, 0.1) is 6.92 Å². The second-order valence-electron chi connectivity index (χ2n) is 3.87. The van der Waals surface area contributed by atoms with E-state index in [-0.39, 0.29) is 4.90 Å². The molecular weight excluding hydrogens is 210 g/mol. The van der Waals surface area contributed by atoms with E-state index in [9.17, 15) is 8.42 Å². The summed E-state index contributed by atoms with van der Waals surface area (Å²) >= 11 is 0. The van der Waals surface area contributed by atoms with E-state index < -0.39 is 10.0 Å². The van der Waals surface area contributed by atoms with Crippen molar-refractivity contribution >= 4 is 10.0 Å². The number of sulfonamides is 1. The van der Waals surface area contributed by atoms with Crippen molar-refractivity contribution in [2.24, 2.45) is 5.14 Å². The van der Waals surface area contributed by atoms with Crippen molar-refractivity contribution in [3.63, 3.8) is 0 Å². The second-order valence-corrected chi connectivity index (χ2v) is 5.43. The van der Waals surface area contributed by atoms with Gasteiger partial charge < -0.3 is 0 Å². The van der Waals surface area contributed by atoms with Gasteiger partial charge >= 0.3 is 0 Å². The fourth-order valence-corrected chi connectivity index (χ4v) is 2.20. The Kier molecular flexibility index (Phi) is 3.52. The van der Waals surface area contributed by atoms with Crippen LogP contribution in [0.4, 0.5) is 0 Å². The Labute approximate surface area is 91.4 Å². The van der Waals surface area contributed by atoms with E-state index in [2.05, 4.69) is 13.8 Å². The molecule has 0 aliphatic carbocycles. The molecule has 0 aromatic heterocycles. The Morgan fingerprint density at radius 3 is 2.40 bits per heavy atom. The molecular formula is C11H17NO2S. The van der Waals surface area contributed by atoms with Gasteiger partial charge in [-0.2, -0.15) is 0 Å². The van der Waals surface area contributed by atoms with Crippen LogP contribution in [0.5, 0.6) is 0 Å². The van der Waals surface area contributed by atoms with Crippen molar-refractivity contribution in [1.29, 1.82) is 0 Å². The van der Waals surface area contributed by atoms with Crippen molar-refractivity contribution in [1.82, 2.24) is 0 Å². The summed E-state index contributed by atoms with van der Waals surface area (Å²) < 4.78 is 22.2. The lowest BCUT2D eigenvalue weighted by atomic mass is 9.95. The third-order valence-electron chi connectivity index (χ3n) is 2.71. The first kappa shape index (κ1) is 12.2. The molecule has 4 heteroatoms. The van der Waals surface area contributed by atoms with E-state index in [0.717, 1.165) is 12.0 Å². The molecule has 2 N–H and O–H groups in total. The normalized spacial score (nSPS) is 13.9. The van der Waals surface area contributed by atoms with E-state index >= 15 is 0 Å². The highest BCUT2D eigenvalue weighted by Crippen LogP contribution is 2.24. The molecule has 0 aliphatic rings. The maximum Gasteiger partial charge on any atom is 0.238 e. The molecule has 3 nitrogen and oxygen atoms in total. The topological polar surface area (TPSA) is 60.2 Å². The molecule has 84 valence electrons. The van der Waals surface area contributed by atoms with Crippen LogP contribution in [0.15, 0.2) is 23.1 Å². The lowest BCUT2D eigenvalue weighted by molar-refractivity contribution is 0.597. The maximum atomic E-state index is 11.1. The third kappa shape index (κ3) is 2.79. The van der Waals surface area contributed by atoms with Crippen LogP contribution >= 0.6 is 0 Å². The fourth-order valence-electron chi connectivity index (χ4n) is 1.60. The predicted octanol–water partition coefficient (Wildman–Crippen LogP) is 2.16. The number of nitrogens with two attached hydrogens (primary N) is 1. The summed E-state index contributed by atoms with van der Waals surface area (Å²) in [4.78, 5) is 0.187. The van der Waals surface area contributed by atoms with Gasteiger partial charge in [-0.05, 0) is 42.5 Å². The van der Waals surface area contributed by atoms with Crippen molar-refractivity contribution in [2.45, 2.75) is 38.0 Å². The summed E-state index contributed by atoms with van der Waals surface area (Å²) in [5.41, 5.74) is 2.17. The molecule has 0 bridgehead atoms. The Hall–Kier alpha value is -0.870. The number of hydrogen-bond acceptors (Lipinski definition) is 2.